The summed E-state index contributed by atoms with van der Waals surface area (Å²) in [5.41, 5.74) is 2.14. The van der Waals surface area contributed by atoms with E-state index in [9.17, 15) is 0 Å². The molecule has 0 radical (unpaired) electrons. The lowest BCUT2D eigenvalue weighted by Crippen LogP contribution is -1.95. The van der Waals surface area contributed by atoms with Crippen molar-refractivity contribution in [2.45, 2.75) is 0 Å². The minimum atomic E-state index is 0.927. The molecular formula is C13H11N3. The first-order chi connectivity index (χ1) is 7.95. The lowest BCUT2D eigenvalue weighted by atomic mass is 10.3. The highest BCUT2D eigenvalue weighted by Crippen LogP contribution is 2.19. The van der Waals surface area contributed by atoms with E-state index in [1.165, 1.54) is 0 Å². The van der Waals surface area contributed by atoms with Crippen molar-refractivity contribution >= 4 is 0 Å². The number of nitrogens with zero attached hydrogens (tertiary/aromatic N) is 2. The second-order valence-electron chi connectivity index (χ2n) is 3.54. The molecule has 3 nitrogen and oxygen atoms in total. The van der Waals surface area contributed by atoms with Gasteiger partial charge >= 0.3 is 0 Å². The van der Waals surface area contributed by atoms with Crippen molar-refractivity contribution in [2.75, 3.05) is 0 Å². The van der Waals surface area contributed by atoms with E-state index in [1.54, 1.807) is 0 Å². The molecule has 78 valence electrons. The van der Waals surface area contributed by atoms with Crippen LogP contribution in [0.1, 0.15) is 0 Å². The van der Waals surface area contributed by atoms with E-state index in [-0.39, 0.29) is 0 Å². The molecular weight excluding hydrogens is 198 g/mol. The number of benzene rings is 1. The van der Waals surface area contributed by atoms with E-state index in [4.69, 9.17) is 0 Å². The zero-order valence-electron chi connectivity index (χ0n) is 8.67. The van der Waals surface area contributed by atoms with Gasteiger partial charge in [-0.15, -0.1) is 0 Å². The zero-order chi connectivity index (χ0) is 10.8. The minimum Gasteiger partial charge on any atom is -0.359 e. The van der Waals surface area contributed by atoms with Crippen LogP contribution in [0.4, 0.5) is 0 Å². The van der Waals surface area contributed by atoms with Crippen LogP contribution in [-0.4, -0.2) is 14.5 Å². The van der Waals surface area contributed by atoms with E-state index >= 15 is 0 Å². The van der Waals surface area contributed by atoms with Crippen LogP contribution in [0, 0.1) is 0 Å². The molecule has 0 aliphatic heterocycles. The van der Waals surface area contributed by atoms with E-state index in [0.717, 1.165) is 17.2 Å². The quantitative estimate of drug-likeness (QED) is 0.691. The monoisotopic (exact) mass is 209 g/mol. The number of aromatic nitrogens is 3. The fourth-order valence-corrected chi connectivity index (χ4v) is 1.77. The van der Waals surface area contributed by atoms with Crippen LogP contribution in [0.15, 0.2) is 61.1 Å². The number of imidazole rings is 1. The molecule has 16 heavy (non-hydrogen) atoms. The van der Waals surface area contributed by atoms with Crippen LogP contribution in [0.3, 0.4) is 0 Å². The maximum Gasteiger partial charge on any atom is 0.161 e. The second-order valence-corrected chi connectivity index (χ2v) is 3.54. The molecule has 2 heterocycles. The number of para-hydroxylation sites is 1. The number of hydrogen-bond acceptors (Lipinski definition) is 1. The molecule has 2 aromatic heterocycles. The second kappa shape index (κ2) is 3.70. The topological polar surface area (TPSA) is 33.6 Å². The third kappa shape index (κ3) is 1.42. The summed E-state index contributed by atoms with van der Waals surface area (Å²) in [7, 11) is 0. The van der Waals surface area contributed by atoms with Gasteiger partial charge in [-0.2, -0.15) is 0 Å². The van der Waals surface area contributed by atoms with Crippen LogP contribution in [0.2, 0.25) is 0 Å². The van der Waals surface area contributed by atoms with Crippen molar-refractivity contribution in [3.05, 3.63) is 61.1 Å². The normalized spacial score (nSPS) is 10.5. The molecule has 0 unspecified atom stereocenters. The summed E-state index contributed by atoms with van der Waals surface area (Å²) in [5, 5.41) is 0. The first kappa shape index (κ1) is 8.97. The smallest absolute Gasteiger partial charge is 0.161 e. The average molecular weight is 209 g/mol. The van der Waals surface area contributed by atoms with Gasteiger partial charge in [0.1, 0.15) is 0 Å². The van der Waals surface area contributed by atoms with Crippen molar-refractivity contribution < 1.29 is 0 Å². The summed E-state index contributed by atoms with van der Waals surface area (Å²) in [5.74, 6) is 0.927. The maximum atomic E-state index is 4.37. The Morgan fingerprint density at radius 3 is 2.62 bits per heavy atom. The van der Waals surface area contributed by atoms with Gasteiger partial charge < -0.3 is 4.98 Å². The van der Waals surface area contributed by atoms with Gasteiger partial charge in [0.05, 0.1) is 5.69 Å². The number of rotatable bonds is 2. The predicted octanol–water partition coefficient (Wildman–Crippen LogP) is 2.87. The molecule has 0 aliphatic carbocycles. The summed E-state index contributed by atoms with van der Waals surface area (Å²) < 4.78 is 2.06. The Morgan fingerprint density at radius 2 is 1.88 bits per heavy atom. The highest BCUT2D eigenvalue weighted by molar-refractivity contribution is 5.54. The number of nitrogens with one attached hydrogen (secondary N) is 1. The highest BCUT2D eigenvalue weighted by atomic mass is 15.1. The van der Waals surface area contributed by atoms with Gasteiger partial charge in [-0.05, 0) is 24.3 Å². The fraction of sp³-hybridized carbons (Fsp3) is 0. The third-order valence-corrected chi connectivity index (χ3v) is 2.51. The van der Waals surface area contributed by atoms with Gasteiger partial charge in [0.25, 0.3) is 0 Å². The van der Waals surface area contributed by atoms with Crippen LogP contribution < -0.4 is 0 Å². The molecule has 0 atom stereocenters. The van der Waals surface area contributed by atoms with Crippen LogP contribution in [-0.2, 0) is 0 Å². The molecule has 0 bridgehead atoms. The molecule has 3 rings (SSSR count). The molecule has 0 saturated heterocycles. The van der Waals surface area contributed by atoms with Gasteiger partial charge in [0.2, 0.25) is 0 Å². The number of aromatic amines is 1. The van der Waals surface area contributed by atoms with Crippen molar-refractivity contribution in [2.24, 2.45) is 0 Å². The van der Waals surface area contributed by atoms with Crippen LogP contribution >= 0.6 is 0 Å². The van der Waals surface area contributed by atoms with Gasteiger partial charge in [-0.3, -0.25) is 4.57 Å². The Hall–Kier alpha value is -2.29. The van der Waals surface area contributed by atoms with Crippen molar-refractivity contribution in [1.82, 2.24) is 14.5 Å². The average Bonchev–Trinajstić information content (AvgIpc) is 3.01. The standard InChI is InChI=1S/C13H11N3/c1-2-5-11(6-3-1)16-10-9-15-13(16)12-7-4-8-14-12/h1-10,14H. The first-order valence-corrected chi connectivity index (χ1v) is 5.18. The SMILES string of the molecule is c1ccc(-n2ccnc2-c2ccc[nH]2)cc1. The molecule has 0 spiro atoms. The molecule has 3 heteroatoms. The number of H-pyrrole nitrogens is 1. The van der Waals surface area contributed by atoms with Gasteiger partial charge in [-0.1, -0.05) is 18.2 Å². The maximum absolute atomic E-state index is 4.37. The largest absolute Gasteiger partial charge is 0.359 e. The highest BCUT2D eigenvalue weighted by Gasteiger charge is 2.06. The van der Waals surface area contributed by atoms with E-state index in [2.05, 4.69) is 26.7 Å². The number of hydrogen-bond donors (Lipinski definition) is 1. The van der Waals surface area contributed by atoms with Crippen molar-refractivity contribution in [1.29, 1.82) is 0 Å². The first-order valence-electron chi connectivity index (χ1n) is 5.18. The summed E-state index contributed by atoms with van der Waals surface area (Å²) >= 11 is 0. The van der Waals surface area contributed by atoms with E-state index in [1.807, 2.05) is 48.9 Å². The molecule has 1 N–H and O–H groups in total. The molecule has 0 fully saturated rings. The summed E-state index contributed by atoms with van der Waals surface area (Å²) in [6, 6.07) is 14.2. The van der Waals surface area contributed by atoms with Gasteiger partial charge in [0.15, 0.2) is 5.82 Å². The molecule has 1 aromatic carbocycles. The van der Waals surface area contributed by atoms with Gasteiger partial charge in [-0.25, -0.2) is 4.98 Å². The predicted molar refractivity (Wildman–Crippen MR) is 63.4 cm³/mol. The molecule has 3 aromatic rings. The molecule has 0 amide bonds. The molecule has 0 aliphatic rings. The lowest BCUT2D eigenvalue weighted by molar-refractivity contribution is 1.06. The third-order valence-electron chi connectivity index (χ3n) is 2.51. The summed E-state index contributed by atoms with van der Waals surface area (Å²) in [6.45, 7) is 0. The van der Waals surface area contributed by atoms with Crippen LogP contribution in [0.5, 0.6) is 0 Å². The Balaban J connectivity index is 2.14. The minimum absolute atomic E-state index is 0.927. The molecule has 0 saturated carbocycles. The van der Waals surface area contributed by atoms with Crippen LogP contribution in [0.25, 0.3) is 17.2 Å². The Morgan fingerprint density at radius 1 is 1.00 bits per heavy atom. The Labute approximate surface area is 93.4 Å². The summed E-state index contributed by atoms with van der Waals surface area (Å²) in [4.78, 5) is 7.53. The van der Waals surface area contributed by atoms with E-state index in [0.29, 0.717) is 0 Å². The zero-order valence-corrected chi connectivity index (χ0v) is 8.67. The van der Waals surface area contributed by atoms with E-state index < -0.39 is 0 Å². The Bertz CT molecular complexity index is 564. The van der Waals surface area contributed by atoms with Crippen molar-refractivity contribution in [3.8, 4) is 17.2 Å². The van der Waals surface area contributed by atoms with Gasteiger partial charge in [0, 0.05) is 24.3 Å². The summed E-state index contributed by atoms with van der Waals surface area (Å²) in [6.07, 6.45) is 5.67. The lowest BCUT2D eigenvalue weighted by Gasteiger charge is -2.05. The fourth-order valence-electron chi connectivity index (χ4n) is 1.77. The Kier molecular flexibility index (Phi) is 2.07. The van der Waals surface area contributed by atoms with Crippen molar-refractivity contribution in [3.63, 3.8) is 0 Å².